The van der Waals surface area contributed by atoms with E-state index in [0.29, 0.717) is 23.4 Å². The SMILES string of the molecule is Cc1ccc(NC(N)=NCCc2ccc(F)c(Br)c2)cc1. The van der Waals surface area contributed by atoms with Crippen LogP contribution in [0.5, 0.6) is 0 Å². The van der Waals surface area contributed by atoms with Gasteiger partial charge < -0.3 is 11.1 Å². The third kappa shape index (κ3) is 4.86. The van der Waals surface area contributed by atoms with Crippen molar-refractivity contribution in [2.75, 3.05) is 11.9 Å². The summed E-state index contributed by atoms with van der Waals surface area (Å²) in [5.41, 5.74) is 8.94. The summed E-state index contributed by atoms with van der Waals surface area (Å²) in [4.78, 5) is 4.26. The highest BCUT2D eigenvalue weighted by Gasteiger charge is 2.00. The Kier molecular flexibility index (Phi) is 5.33. The minimum absolute atomic E-state index is 0.261. The number of nitrogens with one attached hydrogen (secondary N) is 1. The number of nitrogens with two attached hydrogens (primary N) is 1. The molecule has 0 unspecified atom stereocenters. The number of aliphatic imine (C=N–C) groups is 1. The molecule has 0 aliphatic carbocycles. The summed E-state index contributed by atoms with van der Waals surface area (Å²) in [5.74, 6) is 0.114. The molecule has 0 saturated heterocycles. The van der Waals surface area contributed by atoms with Crippen LogP contribution < -0.4 is 11.1 Å². The minimum atomic E-state index is -0.261. The lowest BCUT2D eigenvalue weighted by molar-refractivity contribution is 0.620. The van der Waals surface area contributed by atoms with Gasteiger partial charge in [0.25, 0.3) is 0 Å². The molecule has 110 valence electrons. The molecule has 0 radical (unpaired) electrons. The third-order valence-electron chi connectivity index (χ3n) is 2.99. The number of hydrogen-bond acceptors (Lipinski definition) is 1. The Hall–Kier alpha value is -1.88. The van der Waals surface area contributed by atoms with E-state index >= 15 is 0 Å². The molecule has 0 aromatic heterocycles. The lowest BCUT2D eigenvalue weighted by Gasteiger charge is -2.06. The van der Waals surface area contributed by atoms with Gasteiger partial charge >= 0.3 is 0 Å². The van der Waals surface area contributed by atoms with Crippen LogP contribution in [0.3, 0.4) is 0 Å². The van der Waals surface area contributed by atoms with Crippen LogP contribution >= 0.6 is 15.9 Å². The molecule has 2 aromatic rings. The van der Waals surface area contributed by atoms with Crippen LogP contribution in [-0.4, -0.2) is 12.5 Å². The molecule has 5 heteroatoms. The molecular weight excluding hydrogens is 333 g/mol. The second-order valence-electron chi connectivity index (χ2n) is 4.76. The zero-order chi connectivity index (χ0) is 15.2. The van der Waals surface area contributed by atoms with Gasteiger partial charge in [0.2, 0.25) is 0 Å². The van der Waals surface area contributed by atoms with E-state index in [-0.39, 0.29) is 5.82 Å². The zero-order valence-corrected chi connectivity index (χ0v) is 13.3. The fraction of sp³-hybridized carbons (Fsp3) is 0.188. The number of aryl methyl sites for hydroxylation is 1. The summed E-state index contributed by atoms with van der Waals surface area (Å²) in [6.45, 7) is 2.57. The van der Waals surface area contributed by atoms with E-state index in [1.54, 1.807) is 12.1 Å². The summed E-state index contributed by atoms with van der Waals surface area (Å²) in [6.07, 6.45) is 0.704. The molecule has 3 nitrogen and oxygen atoms in total. The second kappa shape index (κ2) is 7.22. The first kappa shape index (κ1) is 15.5. The molecule has 0 aliphatic heterocycles. The minimum Gasteiger partial charge on any atom is -0.370 e. The lowest BCUT2D eigenvalue weighted by atomic mass is 10.1. The van der Waals surface area contributed by atoms with Crippen LogP contribution in [0.15, 0.2) is 51.9 Å². The maximum absolute atomic E-state index is 13.1. The van der Waals surface area contributed by atoms with Crippen LogP contribution in [0.2, 0.25) is 0 Å². The molecule has 3 N–H and O–H groups in total. The van der Waals surface area contributed by atoms with Crippen molar-refractivity contribution in [3.8, 4) is 0 Å². The van der Waals surface area contributed by atoms with Crippen molar-refractivity contribution in [2.24, 2.45) is 10.7 Å². The number of nitrogens with zero attached hydrogens (tertiary/aromatic N) is 1. The Labute approximate surface area is 132 Å². The molecule has 0 amide bonds. The van der Waals surface area contributed by atoms with Gasteiger partial charge in [-0.15, -0.1) is 0 Å². The maximum atomic E-state index is 13.1. The predicted octanol–water partition coefficient (Wildman–Crippen LogP) is 3.87. The Morgan fingerprint density at radius 3 is 2.62 bits per heavy atom. The number of halogens is 2. The number of hydrogen-bond donors (Lipinski definition) is 2. The van der Waals surface area contributed by atoms with Crippen molar-refractivity contribution < 1.29 is 4.39 Å². The molecule has 0 fully saturated rings. The standard InChI is InChI=1S/C16H17BrFN3/c1-11-2-5-13(6-3-11)21-16(19)20-9-8-12-4-7-15(18)14(17)10-12/h2-7,10H,8-9H2,1H3,(H3,19,20,21). The molecule has 0 heterocycles. The average molecular weight is 350 g/mol. The van der Waals surface area contributed by atoms with Gasteiger partial charge in [-0.05, 0) is 59.1 Å². The number of benzene rings is 2. The van der Waals surface area contributed by atoms with Gasteiger partial charge in [0.1, 0.15) is 5.82 Å². The highest BCUT2D eigenvalue weighted by atomic mass is 79.9. The van der Waals surface area contributed by atoms with E-state index in [0.717, 1.165) is 11.3 Å². The lowest BCUT2D eigenvalue weighted by Crippen LogP contribution is -2.23. The average Bonchev–Trinajstić information content (AvgIpc) is 2.45. The quantitative estimate of drug-likeness (QED) is 0.650. The van der Waals surface area contributed by atoms with Gasteiger partial charge in [-0.25, -0.2) is 4.39 Å². The summed E-state index contributed by atoms with van der Waals surface area (Å²) >= 11 is 3.17. The molecule has 0 bridgehead atoms. The highest BCUT2D eigenvalue weighted by Crippen LogP contribution is 2.17. The molecular formula is C16H17BrFN3. The zero-order valence-electron chi connectivity index (χ0n) is 11.7. The van der Waals surface area contributed by atoms with Crippen molar-refractivity contribution in [2.45, 2.75) is 13.3 Å². The first-order valence-corrected chi connectivity index (χ1v) is 7.41. The van der Waals surface area contributed by atoms with Crippen LogP contribution in [0.25, 0.3) is 0 Å². The van der Waals surface area contributed by atoms with Crippen LogP contribution in [0, 0.1) is 12.7 Å². The van der Waals surface area contributed by atoms with Gasteiger partial charge in [-0.3, -0.25) is 4.99 Å². The number of rotatable bonds is 4. The summed E-state index contributed by atoms with van der Waals surface area (Å²) < 4.78 is 13.6. The van der Waals surface area contributed by atoms with Crippen LogP contribution in [0.1, 0.15) is 11.1 Å². The Bertz CT molecular complexity index is 638. The monoisotopic (exact) mass is 349 g/mol. The molecule has 21 heavy (non-hydrogen) atoms. The van der Waals surface area contributed by atoms with Gasteiger partial charge in [0, 0.05) is 12.2 Å². The Balaban J connectivity index is 1.88. The maximum Gasteiger partial charge on any atom is 0.193 e. The fourth-order valence-electron chi connectivity index (χ4n) is 1.82. The van der Waals surface area contributed by atoms with Crippen molar-refractivity contribution in [1.29, 1.82) is 0 Å². The van der Waals surface area contributed by atoms with Crippen LogP contribution in [-0.2, 0) is 6.42 Å². The smallest absolute Gasteiger partial charge is 0.193 e. The highest BCUT2D eigenvalue weighted by molar-refractivity contribution is 9.10. The van der Waals surface area contributed by atoms with Crippen molar-refractivity contribution in [3.05, 3.63) is 63.9 Å². The van der Waals surface area contributed by atoms with Crippen LogP contribution in [0.4, 0.5) is 10.1 Å². The van der Waals surface area contributed by atoms with E-state index in [1.807, 2.05) is 31.2 Å². The topological polar surface area (TPSA) is 50.4 Å². The van der Waals surface area contributed by atoms with E-state index in [2.05, 4.69) is 26.2 Å². The van der Waals surface area contributed by atoms with Crippen molar-refractivity contribution >= 4 is 27.6 Å². The molecule has 0 aliphatic rings. The molecule has 2 aromatic carbocycles. The first-order valence-electron chi connectivity index (χ1n) is 6.62. The normalized spacial score (nSPS) is 11.5. The first-order chi connectivity index (χ1) is 10.0. The van der Waals surface area contributed by atoms with Gasteiger partial charge in [0.15, 0.2) is 5.96 Å². The van der Waals surface area contributed by atoms with Gasteiger partial charge in [0.05, 0.1) is 4.47 Å². The predicted molar refractivity (Wildman–Crippen MR) is 89.1 cm³/mol. The molecule has 0 saturated carbocycles. The van der Waals surface area contributed by atoms with Gasteiger partial charge in [-0.1, -0.05) is 23.8 Å². The van der Waals surface area contributed by atoms with E-state index in [9.17, 15) is 4.39 Å². The van der Waals surface area contributed by atoms with Crippen molar-refractivity contribution in [3.63, 3.8) is 0 Å². The summed E-state index contributed by atoms with van der Waals surface area (Å²) in [6, 6.07) is 12.9. The third-order valence-corrected chi connectivity index (χ3v) is 3.60. The molecule has 0 atom stereocenters. The largest absolute Gasteiger partial charge is 0.370 e. The second-order valence-corrected chi connectivity index (χ2v) is 5.61. The molecule has 0 spiro atoms. The van der Waals surface area contributed by atoms with E-state index in [4.69, 9.17) is 5.73 Å². The van der Waals surface area contributed by atoms with Gasteiger partial charge in [-0.2, -0.15) is 0 Å². The summed E-state index contributed by atoms with van der Waals surface area (Å²) in [5, 5.41) is 3.03. The van der Waals surface area contributed by atoms with E-state index in [1.165, 1.54) is 11.6 Å². The summed E-state index contributed by atoms with van der Waals surface area (Å²) in [7, 11) is 0. The van der Waals surface area contributed by atoms with E-state index < -0.39 is 0 Å². The molecule has 2 rings (SSSR count). The number of guanidine groups is 1. The number of anilines is 1. The Morgan fingerprint density at radius 1 is 1.24 bits per heavy atom. The van der Waals surface area contributed by atoms with Crippen molar-refractivity contribution in [1.82, 2.24) is 0 Å². The Morgan fingerprint density at radius 2 is 1.95 bits per heavy atom. The fourth-order valence-corrected chi connectivity index (χ4v) is 2.25.